The van der Waals surface area contributed by atoms with Crippen LogP contribution >= 0.6 is 0 Å². The van der Waals surface area contributed by atoms with Gasteiger partial charge < -0.3 is 10.1 Å². The van der Waals surface area contributed by atoms with Gasteiger partial charge in [-0.15, -0.1) is 0 Å². The van der Waals surface area contributed by atoms with Crippen LogP contribution in [0.3, 0.4) is 0 Å². The lowest BCUT2D eigenvalue weighted by Gasteiger charge is -2.16. The van der Waals surface area contributed by atoms with Gasteiger partial charge in [-0.2, -0.15) is 5.10 Å². The summed E-state index contributed by atoms with van der Waals surface area (Å²) >= 11 is 0. The van der Waals surface area contributed by atoms with E-state index in [1.54, 1.807) is 0 Å². The Labute approximate surface area is 91.6 Å². The highest BCUT2D eigenvalue weighted by Gasteiger charge is 2.12. The molecule has 1 rings (SSSR count). The number of nitrogens with one attached hydrogen (secondary N) is 1. The highest BCUT2D eigenvalue weighted by atomic mass is 16.5. The van der Waals surface area contributed by atoms with Crippen LogP contribution in [0.5, 0.6) is 0 Å². The van der Waals surface area contributed by atoms with Gasteiger partial charge in [0.2, 0.25) is 0 Å². The van der Waals surface area contributed by atoms with Crippen LogP contribution in [0.1, 0.15) is 32.4 Å². The molecule has 0 aromatic carbocycles. The van der Waals surface area contributed by atoms with E-state index in [0.717, 1.165) is 6.54 Å². The van der Waals surface area contributed by atoms with Gasteiger partial charge >= 0.3 is 0 Å². The number of aromatic nitrogens is 2. The summed E-state index contributed by atoms with van der Waals surface area (Å²) < 4.78 is 7.52. The maximum Gasteiger partial charge on any atom is 0.0666 e. The molecule has 0 saturated carbocycles. The number of aryl methyl sites for hydroxylation is 1. The smallest absolute Gasteiger partial charge is 0.0666 e. The van der Waals surface area contributed by atoms with E-state index >= 15 is 0 Å². The predicted molar refractivity (Wildman–Crippen MR) is 60.8 cm³/mol. The molecule has 1 aromatic heterocycles. The van der Waals surface area contributed by atoms with Crippen molar-refractivity contribution in [3.05, 3.63) is 18.0 Å². The summed E-state index contributed by atoms with van der Waals surface area (Å²) in [5.41, 5.74) is 1.18. The molecule has 1 unspecified atom stereocenters. The van der Waals surface area contributed by atoms with E-state index in [9.17, 15) is 0 Å². The number of likely N-dealkylation sites (N-methyl/N-ethyl adjacent to an activating group) is 1. The Bertz CT molecular complexity index is 283. The van der Waals surface area contributed by atoms with Crippen molar-refractivity contribution in [3.8, 4) is 0 Å². The number of nitrogens with zero attached hydrogens (tertiary/aromatic N) is 2. The summed E-state index contributed by atoms with van der Waals surface area (Å²) in [6.45, 7) is 7.76. The SMILES string of the molecule is CCn1cc(C(COC(C)C)NC)cn1. The zero-order chi connectivity index (χ0) is 11.3. The largest absolute Gasteiger partial charge is 0.377 e. The lowest BCUT2D eigenvalue weighted by Crippen LogP contribution is -2.23. The van der Waals surface area contributed by atoms with E-state index in [0.29, 0.717) is 6.61 Å². The molecule has 1 aromatic rings. The van der Waals surface area contributed by atoms with Crippen molar-refractivity contribution in [3.63, 3.8) is 0 Å². The Morgan fingerprint density at radius 3 is 2.73 bits per heavy atom. The molecule has 4 heteroatoms. The molecule has 0 aliphatic carbocycles. The third kappa shape index (κ3) is 3.64. The van der Waals surface area contributed by atoms with Crippen molar-refractivity contribution in [2.45, 2.75) is 39.5 Å². The van der Waals surface area contributed by atoms with Crippen molar-refractivity contribution < 1.29 is 4.74 Å². The van der Waals surface area contributed by atoms with E-state index in [4.69, 9.17) is 4.74 Å². The minimum atomic E-state index is 0.229. The van der Waals surface area contributed by atoms with Crippen LogP contribution < -0.4 is 5.32 Å². The van der Waals surface area contributed by atoms with Crippen LogP contribution in [0.15, 0.2) is 12.4 Å². The average molecular weight is 211 g/mol. The fraction of sp³-hybridized carbons (Fsp3) is 0.727. The minimum Gasteiger partial charge on any atom is -0.377 e. The first kappa shape index (κ1) is 12.2. The monoisotopic (exact) mass is 211 g/mol. The molecule has 0 spiro atoms. The van der Waals surface area contributed by atoms with Gasteiger partial charge in [-0.1, -0.05) is 0 Å². The third-order valence-electron chi connectivity index (χ3n) is 2.32. The molecule has 0 aliphatic rings. The molecule has 0 aliphatic heterocycles. The lowest BCUT2D eigenvalue weighted by atomic mass is 10.2. The van der Waals surface area contributed by atoms with Gasteiger partial charge in [-0.25, -0.2) is 0 Å². The summed E-state index contributed by atoms with van der Waals surface area (Å²) in [6, 6.07) is 0.229. The topological polar surface area (TPSA) is 39.1 Å². The van der Waals surface area contributed by atoms with Crippen LogP contribution in [-0.4, -0.2) is 29.5 Å². The van der Waals surface area contributed by atoms with E-state index in [1.165, 1.54) is 5.56 Å². The molecule has 0 saturated heterocycles. The van der Waals surface area contributed by atoms with Crippen molar-refractivity contribution in [1.29, 1.82) is 0 Å². The van der Waals surface area contributed by atoms with Gasteiger partial charge in [-0.3, -0.25) is 4.68 Å². The van der Waals surface area contributed by atoms with E-state index in [2.05, 4.69) is 23.5 Å². The van der Waals surface area contributed by atoms with Gasteiger partial charge in [0.1, 0.15) is 0 Å². The van der Waals surface area contributed by atoms with Crippen molar-refractivity contribution in [2.75, 3.05) is 13.7 Å². The van der Waals surface area contributed by atoms with Crippen LogP contribution in [0.2, 0.25) is 0 Å². The normalized spacial score (nSPS) is 13.4. The van der Waals surface area contributed by atoms with E-state index < -0.39 is 0 Å². The first-order chi connectivity index (χ1) is 7.17. The molecule has 86 valence electrons. The molecule has 0 fully saturated rings. The summed E-state index contributed by atoms with van der Waals surface area (Å²) in [7, 11) is 1.94. The van der Waals surface area contributed by atoms with Gasteiger partial charge in [0.25, 0.3) is 0 Å². The Hall–Kier alpha value is -0.870. The number of ether oxygens (including phenoxy) is 1. The zero-order valence-electron chi connectivity index (χ0n) is 10.0. The molecular weight excluding hydrogens is 190 g/mol. The third-order valence-corrected chi connectivity index (χ3v) is 2.32. The molecule has 1 N–H and O–H groups in total. The Kier molecular flexibility index (Phi) is 4.78. The maximum atomic E-state index is 5.59. The first-order valence-corrected chi connectivity index (χ1v) is 5.48. The molecule has 0 amide bonds. The van der Waals surface area contributed by atoms with Crippen LogP contribution in [0.4, 0.5) is 0 Å². The second-order valence-electron chi connectivity index (χ2n) is 3.85. The molecule has 15 heavy (non-hydrogen) atoms. The molecular formula is C11H21N3O. The number of hydrogen-bond acceptors (Lipinski definition) is 3. The summed E-state index contributed by atoms with van der Waals surface area (Å²) in [5.74, 6) is 0. The van der Waals surface area contributed by atoms with Gasteiger partial charge in [-0.05, 0) is 27.8 Å². The molecule has 1 heterocycles. The molecule has 0 radical (unpaired) electrons. The van der Waals surface area contributed by atoms with Crippen molar-refractivity contribution in [2.24, 2.45) is 0 Å². The number of hydrogen-bond donors (Lipinski definition) is 1. The van der Waals surface area contributed by atoms with Crippen LogP contribution in [-0.2, 0) is 11.3 Å². The second-order valence-corrected chi connectivity index (χ2v) is 3.85. The predicted octanol–water partition coefficient (Wildman–Crippen LogP) is 1.59. The highest BCUT2D eigenvalue weighted by Crippen LogP contribution is 2.12. The molecule has 4 nitrogen and oxygen atoms in total. The lowest BCUT2D eigenvalue weighted by molar-refractivity contribution is 0.0626. The Balaban J connectivity index is 2.57. The summed E-state index contributed by atoms with van der Waals surface area (Å²) in [4.78, 5) is 0. The van der Waals surface area contributed by atoms with Crippen LogP contribution in [0, 0.1) is 0 Å². The fourth-order valence-electron chi connectivity index (χ4n) is 1.37. The maximum absolute atomic E-state index is 5.59. The highest BCUT2D eigenvalue weighted by molar-refractivity contribution is 5.10. The second kappa shape index (κ2) is 5.88. The average Bonchev–Trinajstić information content (AvgIpc) is 2.67. The Morgan fingerprint density at radius 2 is 2.27 bits per heavy atom. The van der Waals surface area contributed by atoms with Crippen LogP contribution in [0.25, 0.3) is 0 Å². The first-order valence-electron chi connectivity index (χ1n) is 5.48. The minimum absolute atomic E-state index is 0.229. The molecule has 1 atom stereocenters. The zero-order valence-corrected chi connectivity index (χ0v) is 10.0. The summed E-state index contributed by atoms with van der Waals surface area (Å²) in [6.07, 6.45) is 4.22. The fourth-order valence-corrected chi connectivity index (χ4v) is 1.37. The van der Waals surface area contributed by atoms with Gasteiger partial charge in [0.05, 0.1) is 24.9 Å². The quantitative estimate of drug-likeness (QED) is 0.776. The summed E-state index contributed by atoms with van der Waals surface area (Å²) in [5, 5.41) is 7.48. The van der Waals surface area contributed by atoms with Crippen molar-refractivity contribution in [1.82, 2.24) is 15.1 Å². The van der Waals surface area contributed by atoms with E-state index in [1.807, 2.05) is 31.8 Å². The van der Waals surface area contributed by atoms with Gasteiger partial charge in [0, 0.05) is 18.3 Å². The van der Waals surface area contributed by atoms with Crippen molar-refractivity contribution >= 4 is 0 Å². The standard InChI is InChI=1S/C11H21N3O/c1-5-14-7-10(6-13-14)11(12-4)8-15-9(2)3/h6-7,9,11-12H,5,8H2,1-4H3. The van der Waals surface area contributed by atoms with E-state index in [-0.39, 0.29) is 12.1 Å². The molecule has 0 bridgehead atoms. The van der Waals surface area contributed by atoms with Gasteiger partial charge in [0.15, 0.2) is 0 Å². The Morgan fingerprint density at radius 1 is 1.53 bits per heavy atom. The number of rotatable bonds is 6.